The molecule has 4 heteroatoms. The first-order valence-electron chi connectivity index (χ1n) is 4.09. The summed E-state index contributed by atoms with van der Waals surface area (Å²) in [5.74, 6) is 0.232. The van der Waals surface area contributed by atoms with Gasteiger partial charge in [-0.25, -0.2) is 4.98 Å². The van der Waals surface area contributed by atoms with Gasteiger partial charge in [-0.05, 0) is 12.1 Å². The molecule has 0 spiro atoms. The molecule has 1 atom stereocenters. The van der Waals surface area contributed by atoms with E-state index in [0.717, 1.165) is 5.03 Å². The highest BCUT2D eigenvalue weighted by atomic mass is 32.2. The van der Waals surface area contributed by atoms with Crippen LogP contribution in [-0.4, -0.2) is 16.1 Å². The molecule has 1 heterocycles. The lowest BCUT2D eigenvalue weighted by Crippen LogP contribution is -2.14. The minimum atomic E-state index is 0.232. The fraction of sp³-hybridized carbons (Fsp3) is 0.333. The molecule has 0 amide bonds. The summed E-state index contributed by atoms with van der Waals surface area (Å²) in [6.07, 6.45) is 2.38. The first-order chi connectivity index (χ1) is 6.18. The van der Waals surface area contributed by atoms with Gasteiger partial charge < -0.3 is 5.73 Å². The third kappa shape index (κ3) is 3.94. The van der Waals surface area contributed by atoms with Crippen LogP contribution in [0, 0.1) is 5.41 Å². The molecule has 0 bridgehead atoms. The Kier molecular flexibility index (Phi) is 3.76. The average Bonchev–Trinajstić information content (AvgIpc) is 2.04. The molecule has 3 nitrogen and oxygen atoms in total. The molecule has 0 aliphatic rings. The van der Waals surface area contributed by atoms with E-state index in [1.807, 2.05) is 25.1 Å². The number of nitrogens with two attached hydrogens (primary N) is 1. The molecule has 3 N–H and O–H groups in total. The predicted molar refractivity (Wildman–Crippen MR) is 56.1 cm³/mol. The Labute approximate surface area is 82.3 Å². The van der Waals surface area contributed by atoms with E-state index < -0.39 is 0 Å². The zero-order chi connectivity index (χ0) is 9.68. The van der Waals surface area contributed by atoms with Crippen LogP contribution in [-0.2, 0) is 0 Å². The van der Waals surface area contributed by atoms with Crippen molar-refractivity contribution in [1.29, 1.82) is 5.41 Å². The van der Waals surface area contributed by atoms with E-state index in [4.69, 9.17) is 11.1 Å². The van der Waals surface area contributed by atoms with Crippen molar-refractivity contribution in [3.63, 3.8) is 0 Å². The van der Waals surface area contributed by atoms with Gasteiger partial charge in [-0.3, -0.25) is 5.41 Å². The second-order valence-corrected chi connectivity index (χ2v) is 4.28. The molecule has 0 aliphatic carbocycles. The van der Waals surface area contributed by atoms with Gasteiger partial charge in [0.25, 0.3) is 0 Å². The van der Waals surface area contributed by atoms with Crippen LogP contribution >= 0.6 is 11.8 Å². The van der Waals surface area contributed by atoms with Crippen LogP contribution < -0.4 is 5.73 Å². The number of hydrogen-bond acceptors (Lipinski definition) is 3. The van der Waals surface area contributed by atoms with Crippen molar-refractivity contribution in [2.45, 2.75) is 23.6 Å². The predicted octanol–water partition coefficient (Wildman–Crippen LogP) is 1.89. The largest absolute Gasteiger partial charge is 0.388 e. The van der Waals surface area contributed by atoms with Gasteiger partial charge in [-0.15, -0.1) is 11.8 Å². The van der Waals surface area contributed by atoms with Crippen LogP contribution in [0.5, 0.6) is 0 Å². The number of rotatable bonds is 4. The van der Waals surface area contributed by atoms with Crippen molar-refractivity contribution in [2.75, 3.05) is 0 Å². The minimum Gasteiger partial charge on any atom is -0.388 e. The van der Waals surface area contributed by atoms with Gasteiger partial charge in [0.2, 0.25) is 0 Å². The maximum Gasteiger partial charge on any atom is 0.0962 e. The Bertz CT molecular complexity index is 273. The Hall–Kier alpha value is -1.03. The molecule has 0 saturated heterocycles. The number of aromatic nitrogens is 1. The van der Waals surface area contributed by atoms with Gasteiger partial charge >= 0.3 is 0 Å². The molecule has 70 valence electrons. The van der Waals surface area contributed by atoms with Crippen molar-refractivity contribution in [3.05, 3.63) is 24.4 Å². The molecule has 13 heavy (non-hydrogen) atoms. The minimum absolute atomic E-state index is 0.232. The Morgan fingerprint density at radius 3 is 3.00 bits per heavy atom. The molecule has 0 saturated carbocycles. The molecular formula is C9H13N3S. The first kappa shape index (κ1) is 10.1. The lowest BCUT2D eigenvalue weighted by atomic mass is 10.3. The smallest absolute Gasteiger partial charge is 0.0962 e. The molecule has 0 radical (unpaired) electrons. The SMILES string of the molecule is CC(CC(=N)N)Sc1ccccn1. The zero-order valence-corrected chi connectivity index (χ0v) is 8.34. The van der Waals surface area contributed by atoms with Crippen LogP contribution in [0.25, 0.3) is 0 Å². The van der Waals surface area contributed by atoms with E-state index in [9.17, 15) is 0 Å². The molecular weight excluding hydrogens is 182 g/mol. The number of nitrogens with zero attached hydrogens (tertiary/aromatic N) is 1. The summed E-state index contributed by atoms with van der Waals surface area (Å²) >= 11 is 1.64. The summed E-state index contributed by atoms with van der Waals surface area (Å²) < 4.78 is 0. The normalized spacial score (nSPS) is 12.4. The molecule has 0 aliphatic heterocycles. The van der Waals surface area contributed by atoms with Crippen LogP contribution in [0.3, 0.4) is 0 Å². The maximum atomic E-state index is 7.13. The van der Waals surface area contributed by atoms with Gasteiger partial charge in [-0.2, -0.15) is 0 Å². The third-order valence-corrected chi connectivity index (χ3v) is 2.52. The lowest BCUT2D eigenvalue weighted by molar-refractivity contribution is 0.986. The summed E-state index contributed by atoms with van der Waals surface area (Å²) in [6, 6.07) is 5.80. The van der Waals surface area contributed by atoms with Gasteiger partial charge in [0.15, 0.2) is 0 Å². The van der Waals surface area contributed by atoms with Crippen LogP contribution in [0.4, 0.5) is 0 Å². The van der Waals surface area contributed by atoms with E-state index in [1.165, 1.54) is 0 Å². The summed E-state index contributed by atoms with van der Waals surface area (Å²) in [4.78, 5) is 4.18. The fourth-order valence-electron chi connectivity index (χ4n) is 0.974. The highest BCUT2D eigenvalue weighted by Crippen LogP contribution is 2.22. The quantitative estimate of drug-likeness (QED) is 0.438. The highest BCUT2D eigenvalue weighted by Gasteiger charge is 2.05. The van der Waals surface area contributed by atoms with E-state index in [2.05, 4.69) is 4.98 Å². The van der Waals surface area contributed by atoms with Crippen LogP contribution in [0.1, 0.15) is 13.3 Å². The van der Waals surface area contributed by atoms with Crippen LogP contribution in [0.2, 0.25) is 0 Å². The van der Waals surface area contributed by atoms with Gasteiger partial charge in [0.05, 0.1) is 10.9 Å². The van der Waals surface area contributed by atoms with E-state index >= 15 is 0 Å². The molecule has 0 fully saturated rings. The molecule has 1 rings (SSSR count). The van der Waals surface area contributed by atoms with Crippen molar-refractivity contribution in [3.8, 4) is 0 Å². The number of pyridine rings is 1. The van der Waals surface area contributed by atoms with Crippen molar-refractivity contribution < 1.29 is 0 Å². The number of nitrogens with one attached hydrogen (secondary N) is 1. The second kappa shape index (κ2) is 4.87. The molecule has 0 aromatic carbocycles. The van der Waals surface area contributed by atoms with Crippen molar-refractivity contribution in [1.82, 2.24) is 4.98 Å². The zero-order valence-electron chi connectivity index (χ0n) is 7.53. The number of thioether (sulfide) groups is 1. The lowest BCUT2D eigenvalue weighted by Gasteiger charge is -2.08. The molecule has 1 unspecified atom stereocenters. The van der Waals surface area contributed by atoms with Gasteiger partial charge in [-0.1, -0.05) is 13.0 Å². The second-order valence-electron chi connectivity index (χ2n) is 2.83. The summed E-state index contributed by atoms with van der Waals surface area (Å²) in [6.45, 7) is 2.04. The molecule has 1 aromatic rings. The van der Waals surface area contributed by atoms with E-state index in [0.29, 0.717) is 11.7 Å². The van der Waals surface area contributed by atoms with Crippen LogP contribution in [0.15, 0.2) is 29.4 Å². The summed E-state index contributed by atoms with van der Waals surface area (Å²) in [5, 5.41) is 8.43. The van der Waals surface area contributed by atoms with Gasteiger partial charge in [0.1, 0.15) is 0 Å². The van der Waals surface area contributed by atoms with Crippen molar-refractivity contribution in [2.24, 2.45) is 5.73 Å². The van der Waals surface area contributed by atoms with Gasteiger partial charge in [0, 0.05) is 17.9 Å². The Morgan fingerprint density at radius 1 is 1.69 bits per heavy atom. The third-order valence-electron chi connectivity index (χ3n) is 1.47. The summed E-state index contributed by atoms with van der Waals surface area (Å²) in [5.41, 5.74) is 5.30. The van der Waals surface area contributed by atoms with E-state index in [1.54, 1.807) is 18.0 Å². The summed E-state index contributed by atoms with van der Waals surface area (Å²) in [7, 11) is 0. The number of hydrogen-bond donors (Lipinski definition) is 2. The fourth-order valence-corrected chi connectivity index (χ4v) is 1.93. The Morgan fingerprint density at radius 2 is 2.46 bits per heavy atom. The monoisotopic (exact) mass is 195 g/mol. The molecule has 1 aromatic heterocycles. The van der Waals surface area contributed by atoms with E-state index in [-0.39, 0.29) is 5.84 Å². The topological polar surface area (TPSA) is 62.8 Å². The standard InChI is InChI=1S/C9H13N3S/c1-7(6-8(10)11)13-9-4-2-3-5-12-9/h2-5,7H,6H2,1H3,(H3,10,11). The maximum absolute atomic E-state index is 7.13. The number of amidine groups is 1. The first-order valence-corrected chi connectivity index (χ1v) is 4.97. The average molecular weight is 195 g/mol. The van der Waals surface area contributed by atoms with Crippen molar-refractivity contribution >= 4 is 17.6 Å². The highest BCUT2D eigenvalue weighted by molar-refractivity contribution is 7.99. The Balaban J connectivity index is 2.45.